The lowest BCUT2D eigenvalue weighted by atomic mass is 10.2. The summed E-state index contributed by atoms with van der Waals surface area (Å²) >= 11 is 0. The number of hydrogen-bond donors (Lipinski definition) is 0. The van der Waals surface area contributed by atoms with Crippen LogP contribution in [0.15, 0.2) is 36.5 Å². The smallest absolute Gasteiger partial charge is 0.0645 e. The minimum Gasteiger partial charge on any atom is -0.241 e. The molecule has 0 saturated heterocycles. The van der Waals surface area contributed by atoms with Crippen molar-refractivity contribution in [2.45, 2.75) is 6.92 Å². The van der Waals surface area contributed by atoms with Gasteiger partial charge in [0.05, 0.1) is 11.4 Å². The fraction of sp³-hybridized carbons (Fsp3) is 0.0909. The van der Waals surface area contributed by atoms with Gasteiger partial charge in [0.15, 0.2) is 0 Å². The molecule has 1 aromatic heterocycles. The highest BCUT2D eigenvalue weighted by molar-refractivity contribution is 5.34. The Kier molecular flexibility index (Phi) is 1.89. The van der Waals surface area contributed by atoms with E-state index >= 15 is 0 Å². The summed E-state index contributed by atoms with van der Waals surface area (Å²) in [4.78, 5) is 0. The molecule has 0 amide bonds. The van der Waals surface area contributed by atoms with Gasteiger partial charge in [-0.3, -0.25) is 0 Å². The summed E-state index contributed by atoms with van der Waals surface area (Å²) in [7, 11) is 0. The Morgan fingerprint density at radius 3 is 2.38 bits per heavy atom. The van der Waals surface area contributed by atoms with Gasteiger partial charge in [0.2, 0.25) is 0 Å². The minimum atomic E-state index is 1.02. The highest BCUT2D eigenvalue weighted by atomic mass is 15.3. The Labute approximate surface area is 77.8 Å². The van der Waals surface area contributed by atoms with E-state index in [4.69, 9.17) is 0 Å². The van der Waals surface area contributed by atoms with Gasteiger partial charge in [-0.2, -0.15) is 5.10 Å². The van der Waals surface area contributed by atoms with Crippen LogP contribution in [0.4, 0.5) is 0 Å². The Morgan fingerprint density at radius 2 is 1.85 bits per heavy atom. The van der Waals surface area contributed by atoms with Gasteiger partial charge in [0, 0.05) is 6.20 Å². The second-order valence-corrected chi connectivity index (χ2v) is 3.07. The second-order valence-electron chi connectivity index (χ2n) is 3.07. The molecule has 0 aliphatic rings. The van der Waals surface area contributed by atoms with Gasteiger partial charge in [-0.05, 0) is 37.6 Å². The van der Waals surface area contributed by atoms with Crippen molar-refractivity contribution in [1.29, 1.82) is 0 Å². The first-order valence-electron chi connectivity index (χ1n) is 4.20. The molecule has 0 fully saturated rings. The quantitative estimate of drug-likeness (QED) is 0.644. The van der Waals surface area contributed by atoms with Gasteiger partial charge >= 0.3 is 0 Å². The van der Waals surface area contributed by atoms with Crippen molar-refractivity contribution >= 4 is 0 Å². The molecule has 1 heterocycles. The first kappa shape index (κ1) is 8.05. The molecule has 0 unspecified atom stereocenters. The van der Waals surface area contributed by atoms with Crippen LogP contribution in [-0.4, -0.2) is 9.78 Å². The summed E-state index contributed by atoms with van der Waals surface area (Å²) in [6.45, 7) is 5.81. The molecule has 2 heteroatoms. The highest BCUT2D eigenvalue weighted by Crippen LogP contribution is 2.08. The zero-order chi connectivity index (χ0) is 9.26. The minimum absolute atomic E-state index is 1.02. The third-order valence-electron chi connectivity index (χ3n) is 1.92. The molecule has 2 nitrogen and oxygen atoms in total. The molecule has 0 spiro atoms. The molecule has 1 aromatic carbocycles. The fourth-order valence-corrected chi connectivity index (χ4v) is 1.21. The maximum atomic E-state index is 4.31. The fourth-order valence-electron chi connectivity index (χ4n) is 1.21. The molecule has 0 aliphatic carbocycles. The highest BCUT2D eigenvalue weighted by Gasteiger charge is 1.96. The van der Waals surface area contributed by atoms with Crippen LogP contribution in [0, 0.1) is 13.8 Å². The molecular formula is C11H11N2. The van der Waals surface area contributed by atoms with Crippen molar-refractivity contribution in [1.82, 2.24) is 9.78 Å². The summed E-state index contributed by atoms with van der Waals surface area (Å²) in [6.07, 6.45) is 1.95. The zero-order valence-electron chi connectivity index (χ0n) is 7.57. The Bertz CT molecular complexity index is 398. The van der Waals surface area contributed by atoms with E-state index < -0.39 is 0 Å². The van der Waals surface area contributed by atoms with Crippen LogP contribution in [0.3, 0.4) is 0 Å². The van der Waals surface area contributed by atoms with Gasteiger partial charge < -0.3 is 0 Å². The summed E-state index contributed by atoms with van der Waals surface area (Å²) in [5.74, 6) is 0. The predicted molar refractivity (Wildman–Crippen MR) is 52.8 cm³/mol. The van der Waals surface area contributed by atoms with Crippen molar-refractivity contribution in [3.05, 3.63) is 54.7 Å². The number of aromatic nitrogens is 2. The number of benzene rings is 1. The number of nitrogens with zero attached hydrogens (tertiary/aromatic N) is 2. The molecule has 0 N–H and O–H groups in total. The van der Waals surface area contributed by atoms with E-state index in [1.54, 1.807) is 0 Å². The molecular weight excluding hydrogens is 160 g/mol. The maximum Gasteiger partial charge on any atom is 0.0645 e. The molecule has 2 aromatic rings. The van der Waals surface area contributed by atoms with E-state index in [2.05, 4.69) is 12.0 Å². The monoisotopic (exact) mass is 171 g/mol. The Hall–Kier alpha value is -1.57. The van der Waals surface area contributed by atoms with E-state index in [1.807, 2.05) is 48.1 Å². The number of rotatable bonds is 1. The van der Waals surface area contributed by atoms with Crippen molar-refractivity contribution < 1.29 is 0 Å². The molecule has 0 atom stereocenters. The second kappa shape index (κ2) is 3.05. The average molecular weight is 171 g/mol. The summed E-state index contributed by atoms with van der Waals surface area (Å²) < 4.78 is 1.86. The largest absolute Gasteiger partial charge is 0.241 e. The molecule has 0 bridgehead atoms. The first-order valence-corrected chi connectivity index (χ1v) is 4.20. The van der Waals surface area contributed by atoms with Crippen molar-refractivity contribution in [2.75, 3.05) is 0 Å². The van der Waals surface area contributed by atoms with Crippen molar-refractivity contribution in [3.8, 4) is 5.69 Å². The van der Waals surface area contributed by atoms with E-state index in [9.17, 15) is 0 Å². The lowest BCUT2D eigenvalue weighted by Gasteiger charge is -2.00. The summed E-state index contributed by atoms with van der Waals surface area (Å²) in [5, 5.41) is 4.31. The van der Waals surface area contributed by atoms with Gasteiger partial charge in [0.1, 0.15) is 0 Å². The van der Waals surface area contributed by atoms with Crippen molar-refractivity contribution in [3.63, 3.8) is 0 Å². The lowest BCUT2D eigenvalue weighted by molar-refractivity contribution is 0.862. The molecule has 0 aliphatic heterocycles. The molecule has 65 valence electrons. The average Bonchev–Trinajstić information content (AvgIpc) is 2.53. The van der Waals surface area contributed by atoms with Crippen LogP contribution in [0.5, 0.6) is 0 Å². The van der Waals surface area contributed by atoms with Crippen LogP contribution >= 0.6 is 0 Å². The first-order chi connectivity index (χ1) is 6.25. The Morgan fingerprint density at radius 1 is 1.15 bits per heavy atom. The van der Waals surface area contributed by atoms with Crippen LogP contribution in [0.2, 0.25) is 0 Å². The van der Waals surface area contributed by atoms with E-state index in [0.29, 0.717) is 0 Å². The maximum absolute atomic E-state index is 4.31. The van der Waals surface area contributed by atoms with Crippen LogP contribution in [-0.2, 0) is 0 Å². The normalized spacial score (nSPS) is 10.3. The van der Waals surface area contributed by atoms with Gasteiger partial charge in [-0.15, -0.1) is 0 Å². The van der Waals surface area contributed by atoms with Gasteiger partial charge in [0.25, 0.3) is 0 Å². The van der Waals surface area contributed by atoms with E-state index in [0.717, 1.165) is 16.9 Å². The van der Waals surface area contributed by atoms with Crippen LogP contribution in [0.25, 0.3) is 5.69 Å². The third kappa shape index (κ3) is 1.61. The molecule has 1 radical (unpaired) electrons. The summed E-state index contributed by atoms with van der Waals surface area (Å²) in [5.41, 5.74) is 3.12. The molecule has 0 saturated carbocycles. The topological polar surface area (TPSA) is 17.8 Å². The molecule has 2 rings (SSSR count). The lowest BCUT2D eigenvalue weighted by Crippen LogP contribution is -1.94. The van der Waals surface area contributed by atoms with Crippen LogP contribution < -0.4 is 0 Å². The predicted octanol–water partition coefficient (Wildman–Crippen LogP) is 2.36. The SMILES string of the molecule is [CH2]c1ccc(-n2ccc(C)n2)cc1. The molecule has 13 heavy (non-hydrogen) atoms. The van der Waals surface area contributed by atoms with Crippen LogP contribution in [0.1, 0.15) is 11.3 Å². The Balaban J connectivity index is 2.41. The third-order valence-corrected chi connectivity index (χ3v) is 1.92. The standard InChI is InChI=1S/C11H11N2/c1-9-3-5-11(6-4-9)13-8-7-10(2)12-13/h3-8H,1H2,2H3. The van der Waals surface area contributed by atoms with Gasteiger partial charge in [-0.25, -0.2) is 4.68 Å². The van der Waals surface area contributed by atoms with E-state index in [1.165, 1.54) is 0 Å². The van der Waals surface area contributed by atoms with Crippen molar-refractivity contribution in [2.24, 2.45) is 0 Å². The zero-order valence-corrected chi connectivity index (χ0v) is 7.57. The number of hydrogen-bond acceptors (Lipinski definition) is 1. The summed E-state index contributed by atoms with van der Waals surface area (Å²) in [6, 6.07) is 9.96. The van der Waals surface area contributed by atoms with E-state index in [-0.39, 0.29) is 0 Å². The van der Waals surface area contributed by atoms with Gasteiger partial charge in [-0.1, -0.05) is 12.1 Å². The number of aryl methyl sites for hydroxylation is 1.